The maximum Gasteiger partial charge on any atom is 0.248 e. The van der Waals surface area contributed by atoms with E-state index in [-0.39, 0.29) is 12.5 Å². The lowest BCUT2D eigenvalue weighted by Crippen LogP contribution is -2.34. The fraction of sp³-hybridized carbons (Fsp3) is 0.417. The van der Waals surface area contributed by atoms with Crippen LogP contribution in [0.15, 0.2) is 18.2 Å². The van der Waals surface area contributed by atoms with Gasteiger partial charge in [-0.3, -0.25) is 15.2 Å². The molecule has 1 heterocycles. The highest BCUT2D eigenvalue weighted by molar-refractivity contribution is 6.32. The van der Waals surface area contributed by atoms with E-state index in [1.165, 1.54) is 0 Å². The molecule has 0 aromatic heterocycles. The number of benzene rings is 1. The molecule has 0 radical (unpaired) electrons. The molecule has 1 aliphatic rings. The number of aliphatic hydroxyl groups excluding tert-OH is 1. The molecule has 0 spiro atoms. The number of anilines is 1. The zero-order chi connectivity index (χ0) is 13.3. The van der Waals surface area contributed by atoms with Crippen LogP contribution in [-0.2, 0) is 4.79 Å². The average Bonchev–Trinajstić information content (AvgIpc) is 2.66. The summed E-state index contributed by atoms with van der Waals surface area (Å²) < 4.78 is 5.07. The number of nitrogens with zero attached hydrogens (tertiary/aromatic N) is 1. The van der Waals surface area contributed by atoms with Crippen LogP contribution in [0, 0.1) is 5.41 Å². The lowest BCUT2D eigenvalue weighted by molar-refractivity contribution is -0.128. The second-order valence-corrected chi connectivity index (χ2v) is 4.97. The first-order valence-electron chi connectivity index (χ1n) is 5.53. The fourth-order valence-electron chi connectivity index (χ4n) is 1.82. The Balaban J connectivity index is 2.24. The van der Waals surface area contributed by atoms with E-state index in [0.717, 1.165) is 5.69 Å². The number of rotatable bonds is 3. The highest BCUT2D eigenvalue weighted by Crippen LogP contribution is 2.32. The summed E-state index contributed by atoms with van der Waals surface area (Å²) in [7, 11) is 1.54. The number of carbonyl (C=O) groups is 1. The molecule has 98 valence electrons. The van der Waals surface area contributed by atoms with Crippen LogP contribution in [0.1, 0.15) is 6.92 Å². The summed E-state index contributed by atoms with van der Waals surface area (Å²) in [6.45, 7) is 1.91. The number of amides is 1. The summed E-state index contributed by atoms with van der Waals surface area (Å²) in [5.74, 6) is 0.382. The maximum atomic E-state index is 11.7. The van der Waals surface area contributed by atoms with E-state index in [1.807, 2.05) is 0 Å². The molecule has 1 amide bonds. The number of methoxy groups -OCH3 is 1. The fourth-order valence-corrected chi connectivity index (χ4v) is 2.07. The predicted molar refractivity (Wildman–Crippen MR) is 68.7 cm³/mol. The largest absolute Gasteiger partial charge is 0.495 e. The highest BCUT2D eigenvalue weighted by Gasteiger charge is 2.42. The molecule has 2 rings (SSSR count). The average molecular weight is 271 g/mol. The summed E-state index contributed by atoms with van der Waals surface area (Å²) in [4.78, 5) is 11.7. The van der Waals surface area contributed by atoms with Crippen molar-refractivity contribution in [2.45, 2.75) is 6.92 Å². The van der Waals surface area contributed by atoms with E-state index in [1.54, 1.807) is 37.2 Å². The minimum Gasteiger partial charge on any atom is -0.495 e. The smallest absolute Gasteiger partial charge is 0.248 e. The summed E-state index contributed by atoms with van der Waals surface area (Å²) >= 11 is 6.04. The molecule has 1 aromatic rings. The van der Waals surface area contributed by atoms with Crippen molar-refractivity contribution in [3.8, 4) is 5.75 Å². The van der Waals surface area contributed by atoms with Crippen LogP contribution in [0.5, 0.6) is 5.75 Å². The lowest BCUT2D eigenvalue weighted by Gasteiger charge is -2.20. The van der Waals surface area contributed by atoms with Gasteiger partial charge in [0.25, 0.3) is 0 Å². The van der Waals surface area contributed by atoms with Crippen molar-refractivity contribution in [3.05, 3.63) is 23.2 Å². The molecule has 1 saturated heterocycles. The van der Waals surface area contributed by atoms with E-state index in [2.05, 4.69) is 5.43 Å². The van der Waals surface area contributed by atoms with Crippen LogP contribution in [0.4, 0.5) is 5.69 Å². The number of nitrogens with one attached hydrogen (secondary N) is 1. The van der Waals surface area contributed by atoms with Gasteiger partial charge in [-0.1, -0.05) is 11.6 Å². The summed E-state index contributed by atoms with van der Waals surface area (Å²) in [6.07, 6.45) is 0. The van der Waals surface area contributed by atoms with Crippen molar-refractivity contribution in [2.75, 3.05) is 25.3 Å². The molecule has 1 aromatic carbocycles. The van der Waals surface area contributed by atoms with Gasteiger partial charge < -0.3 is 9.84 Å². The zero-order valence-electron chi connectivity index (χ0n) is 10.2. The van der Waals surface area contributed by atoms with Gasteiger partial charge in [-0.05, 0) is 25.1 Å². The van der Waals surface area contributed by atoms with Gasteiger partial charge in [-0.2, -0.15) is 0 Å². The van der Waals surface area contributed by atoms with Crippen molar-refractivity contribution in [1.82, 2.24) is 5.43 Å². The van der Waals surface area contributed by atoms with Gasteiger partial charge in [0.05, 0.1) is 36.4 Å². The topological polar surface area (TPSA) is 61.8 Å². The number of hydrogen-bond donors (Lipinski definition) is 2. The molecule has 1 atom stereocenters. The Hall–Kier alpha value is -1.46. The second kappa shape index (κ2) is 4.66. The normalized spacial score (nSPS) is 23.1. The van der Waals surface area contributed by atoms with Gasteiger partial charge >= 0.3 is 0 Å². The molecule has 0 bridgehead atoms. The zero-order valence-corrected chi connectivity index (χ0v) is 11.0. The highest BCUT2D eigenvalue weighted by atomic mass is 35.5. The molecular formula is C12H15ClN2O3. The van der Waals surface area contributed by atoms with Gasteiger partial charge in [0.2, 0.25) is 5.91 Å². The standard InChI is InChI=1S/C12H15ClN2O3/c1-12(7-16)6-15(14-11(12)17)8-3-4-10(18-2)9(13)5-8/h3-5,16H,6-7H2,1-2H3,(H,14,17). The van der Waals surface area contributed by atoms with Gasteiger partial charge in [0.15, 0.2) is 0 Å². The Morgan fingerprint density at radius 3 is 2.83 bits per heavy atom. The van der Waals surface area contributed by atoms with Gasteiger partial charge in [0.1, 0.15) is 5.75 Å². The first-order valence-corrected chi connectivity index (χ1v) is 5.91. The number of aliphatic hydroxyl groups is 1. The SMILES string of the molecule is COc1ccc(N2CC(C)(CO)C(=O)N2)cc1Cl. The Morgan fingerprint density at radius 2 is 2.33 bits per heavy atom. The molecular weight excluding hydrogens is 256 g/mol. The van der Waals surface area contributed by atoms with Gasteiger partial charge in [-0.25, -0.2) is 0 Å². The molecule has 1 unspecified atom stereocenters. The molecule has 0 aliphatic carbocycles. The Morgan fingerprint density at radius 1 is 1.61 bits per heavy atom. The van der Waals surface area contributed by atoms with Crippen molar-refractivity contribution in [2.24, 2.45) is 5.41 Å². The van der Waals surface area contributed by atoms with E-state index in [4.69, 9.17) is 16.3 Å². The first-order chi connectivity index (χ1) is 8.50. The summed E-state index contributed by atoms with van der Waals surface area (Å²) in [5.41, 5.74) is 2.68. The maximum absolute atomic E-state index is 11.7. The lowest BCUT2D eigenvalue weighted by atomic mass is 9.92. The Labute approximate surface area is 110 Å². The third-order valence-electron chi connectivity index (χ3n) is 3.09. The third-order valence-corrected chi connectivity index (χ3v) is 3.38. The molecule has 5 nitrogen and oxygen atoms in total. The van der Waals surface area contributed by atoms with Crippen LogP contribution in [0.2, 0.25) is 5.02 Å². The van der Waals surface area contributed by atoms with Crippen LogP contribution in [-0.4, -0.2) is 31.3 Å². The van der Waals surface area contributed by atoms with Crippen LogP contribution in [0.3, 0.4) is 0 Å². The van der Waals surface area contributed by atoms with Crippen LogP contribution < -0.4 is 15.2 Å². The van der Waals surface area contributed by atoms with Crippen molar-refractivity contribution >= 4 is 23.2 Å². The molecule has 1 aliphatic heterocycles. The predicted octanol–water partition coefficient (Wildman–Crippen LogP) is 1.20. The third kappa shape index (κ3) is 2.11. The first kappa shape index (κ1) is 13.0. The molecule has 1 fully saturated rings. The molecule has 2 N–H and O–H groups in total. The van der Waals surface area contributed by atoms with Crippen molar-refractivity contribution < 1.29 is 14.6 Å². The Bertz CT molecular complexity index is 480. The van der Waals surface area contributed by atoms with Crippen molar-refractivity contribution in [3.63, 3.8) is 0 Å². The van der Waals surface area contributed by atoms with Crippen LogP contribution in [0.25, 0.3) is 0 Å². The van der Waals surface area contributed by atoms with E-state index in [9.17, 15) is 9.90 Å². The summed E-state index contributed by atoms with van der Waals surface area (Å²) in [6, 6.07) is 5.25. The number of ether oxygens (including phenoxy) is 1. The van der Waals surface area contributed by atoms with Gasteiger partial charge in [-0.15, -0.1) is 0 Å². The van der Waals surface area contributed by atoms with E-state index in [0.29, 0.717) is 17.3 Å². The number of hydrogen-bond acceptors (Lipinski definition) is 4. The second-order valence-electron chi connectivity index (χ2n) is 4.56. The quantitative estimate of drug-likeness (QED) is 0.866. The minimum atomic E-state index is -0.785. The molecule has 18 heavy (non-hydrogen) atoms. The minimum absolute atomic E-state index is 0.195. The monoisotopic (exact) mass is 270 g/mol. The van der Waals surface area contributed by atoms with E-state index >= 15 is 0 Å². The van der Waals surface area contributed by atoms with E-state index < -0.39 is 5.41 Å². The van der Waals surface area contributed by atoms with Crippen molar-refractivity contribution in [1.29, 1.82) is 0 Å². The molecule has 6 heteroatoms. The van der Waals surface area contributed by atoms with Crippen LogP contribution >= 0.6 is 11.6 Å². The summed E-state index contributed by atoms with van der Waals surface area (Å²) in [5, 5.41) is 11.4. The number of halogens is 1. The molecule has 0 saturated carbocycles. The number of hydrazine groups is 1. The Kier molecular flexibility index (Phi) is 3.36. The van der Waals surface area contributed by atoms with Gasteiger partial charge in [0, 0.05) is 0 Å². The number of carbonyl (C=O) groups excluding carboxylic acids is 1.